The quantitative estimate of drug-likeness (QED) is 0.130. The summed E-state index contributed by atoms with van der Waals surface area (Å²) in [5, 5.41) is 0. The van der Waals surface area contributed by atoms with Gasteiger partial charge in [0.1, 0.15) is 0 Å². The average Bonchev–Trinajstić information content (AvgIpc) is 3.48. The number of aryl methyl sites for hydroxylation is 2. The molecule has 0 aliphatic rings. The number of hydrogen-bond donors (Lipinski definition) is 0. The molecule has 0 amide bonds. The van der Waals surface area contributed by atoms with Gasteiger partial charge >= 0.3 is 0 Å². The summed E-state index contributed by atoms with van der Waals surface area (Å²) in [4.78, 5) is 14.2. The molecule has 0 N–H and O–H groups in total. The number of nitrogens with zero attached hydrogens (tertiary/aromatic N) is 3. The molecule has 9 aromatic carbocycles. The molecule has 3 heteroatoms. The molecule has 0 radical (unpaired) electrons. The fourth-order valence-corrected chi connectivity index (χ4v) is 10.2. The molecular weight excluding hydrogens is 895 g/mol. The maximum atomic E-state index is 4.87. The van der Waals surface area contributed by atoms with Gasteiger partial charge in [0.2, 0.25) is 0 Å². The molecule has 3 aromatic heterocycles. The summed E-state index contributed by atoms with van der Waals surface area (Å²) in [6.45, 7) is 4.26. The first-order valence-corrected chi connectivity index (χ1v) is 25.2. The zero-order valence-electron chi connectivity index (χ0n) is 41.3. The van der Waals surface area contributed by atoms with Gasteiger partial charge in [-0.25, -0.2) is 0 Å². The lowest BCUT2D eigenvalue weighted by atomic mass is 9.86. The monoisotopic (exact) mass is 945 g/mol. The number of hydrogen-bond acceptors (Lipinski definition) is 3. The van der Waals surface area contributed by atoms with Crippen LogP contribution in [0.15, 0.2) is 273 Å². The van der Waals surface area contributed by atoms with E-state index >= 15 is 0 Å². The molecule has 3 nitrogen and oxygen atoms in total. The molecule has 0 spiro atoms. The van der Waals surface area contributed by atoms with E-state index in [9.17, 15) is 0 Å². The normalized spacial score (nSPS) is 11.1. The van der Waals surface area contributed by atoms with Crippen LogP contribution in [0.3, 0.4) is 0 Å². The third-order valence-corrected chi connectivity index (χ3v) is 14.1. The van der Waals surface area contributed by atoms with Gasteiger partial charge < -0.3 is 0 Å². The van der Waals surface area contributed by atoms with Crippen LogP contribution in [0.1, 0.15) is 11.1 Å². The van der Waals surface area contributed by atoms with Crippen LogP contribution in [-0.2, 0) is 0 Å². The van der Waals surface area contributed by atoms with Crippen molar-refractivity contribution >= 4 is 0 Å². The van der Waals surface area contributed by atoms with Gasteiger partial charge in [0.15, 0.2) is 0 Å². The van der Waals surface area contributed by atoms with Gasteiger partial charge in [0.25, 0.3) is 0 Å². The molecule has 350 valence electrons. The van der Waals surface area contributed by atoms with Crippen LogP contribution in [0.4, 0.5) is 0 Å². The Morgan fingerprint density at radius 1 is 0.216 bits per heavy atom. The summed E-state index contributed by atoms with van der Waals surface area (Å²) >= 11 is 0. The number of benzene rings is 9. The number of aromatic nitrogens is 3. The van der Waals surface area contributed by atoms with Crippen molar-refractivity contribution < 1.29 is 0 Å². The number of rotatable bonds is 11. The largest absolute Gasteiger partial charge is 0.256 e. The fourth-order valence-electron chi connectivity index (χ4n) is 10.2. The molecule has 0 fully saturated rings. The van der Waals surface area contributed by atoms with Gasteiger partial charge in [-0.05, 0) is 163 Å². The lowest BCUT2D eigenvalue weighted by Crippen LogP contribution is -1.92. The Labute approximate surface area is 433 Å². The average molecular weight is 946 g/mol. The Bertz CT molecular complexity index is 3920. The first-order valence-electron chi connectivity index (χ1n) is 25.2. The van der Waals surface area contributed by atoms with E-state index in [-0.39, 0.29) is 0 Å². The fraction of sp³-hybridized carbons (Fsp3) is 0.0282. The predicted molar refractivity (Wildman–Crippen MR) is 309 cm³/mol. The van der Waals surface area contributed by atoms with Crippen molar-refractivity contribution in [2.75, 3.05) is 0 Å². The number of pyridine rings is 3. The molecule has 0 bridgehead atoms. The van der Waals surface area contributed by atoms with Crippen molar-refractivity contribution in [3.05, 3.63) is 285 Å². The molecule has 0 aliphatic heterocycles. The van der Waals surface area contributed by atoms with Crippen molar-refractivity contribution in [3.63, 3.8) is 0 Å². The van der Waals surface area contributed by atoms with Gasteiger partial charge in [-0.2, -0.15) is 0 Å². The van der Waals surface area contributed by atoms with Crippen LogP contribution in [0, 0.1) is 13.8 Å². The molecule has 12 aromatic rings. The molecular formula is C71H51N3. The highest BCUT2D eigenvalue weighted by molar-refractivity contribution is 5.94. The highest BCUT2D eigenvalue weighted by Gasteiger charge is 2.17. The topological polar surface area (TPSA) is 38.7 Å². The SMILES string of the molecule is Cc1ccc(-c2ccc(-c3ccccc3-c3cc(-c4ccccc4-c4ccc(-c5ccccn5)cc4)cc(-c4ccccc4-c4ccc(-c5cc(-c6ccc(-c7ccccc7)cc6C)ccn5)cc4)c3)cc2)nc1. The van der Waals surface area contributed by atoms with Crippen molar-refractivity contribution in [3.8, 4) is 123 Å². The van der Waals surface area contributed by atoms with Crippen molar-refractivity contribution in [1.29, 1.82) is 0 Å². The smallest absolute Gasteiger partial charge is 0.0708 e. The molecule has 12 rings (SSSR count). The van der Waals surface area contributed by atoms with Crippen LogP contribution >= 0.6 is 0 Å². The first kappa shape index (κ1) is 45.6. The van der Waals surface area contributed by atoms with Crippen molar-refractivity contribution in [1.82, 2.24) is 15.0 Å². The second kappa shape index (κ2) is 20.3. The Kier molecular flexibility index (Phi) is 12.5. The molecule has 0 unspecified atom stereocenters. The van der Waals surface area contributed by atoms with Gasteiger partial charge in [0.05, 0.1) is 17.1 Å². The van der Waals surface area contributed by atoms with E-state index in [2.05, 4.69) is 261 Å². The summed E-state index contributed by atoms with van der Waals surface area (Å²) in [6.07, 6.45) is 5.70. The summed E-state index contributed by atoms with van der Waals surface area (Å²) in [6, 6.07) is 91.8. The summed E-state index contributed by atoms with van der Waals surface area (Å²) in [5.74, 6) is 0. The van der Waals surface area contributed by atoms with E-state index in [1.54, 1.807) is 0 Å². The molecule has 0 atom stereocenters. The highest BCUT2D eigenvalue weighted by Crippen LogP contribution is 2.43. The van der Waals surface area contributed by atoms with Gasteiger partial charge in [-0.1, -0.05) is 206 Å². The molecule has 0 saturated heterocycles. The lowest BCUT2D eigenvalue weighted by molar-refractivity contribution is 1.27. The first-order chi connectivity index (χ1) is 36.5. The second-order valence-corrected chi connectivity index (χ2v) is 18.9. The third-order valence-electron chi connectivity index (χ3n) is 14.1. The van der Waals surface area contributed by atoms with Gasteiger partial charge in [-0.15, -0.1) is 0 Å². The summed E-state index contributed by atoms with van der Waals surface area (Å²) in [7, 11) is 0. The lowest BCUT2D eigenvalue weighted by Gasteiger charge is -2.18. The molecule has 0 aliphatic carbocycles. The highest BCUT2D eigenvalue weighted by atomic mass is 14.7. The van der Waals surface area contributed by atoms with Crippen molar-refractivity contribution in [2.45, 2.75) is 13.8 Å². The van der Waals surface area contributed by atoms with E-state index in [4.69, 9.17) is 9.97 Å². The minimum Gasteiger partial charge on any atom is -0.256 e. The Morgan fingerprint density at radius 3 is 1.09 bits per heavy atom. The van der Waals surface area contributed by atoms with Gasteiger partial charge in [0, 0.05) is 35.3 Å². The van der Waals surface area contributed by atoms with Crippen molar-refractivity contribution in [2.24, 2.45) is 0 Å². The van der Waals surface area contributed by atoms with Crippen LogP contribution < -0.4 is 0 Å². The Balaban J connectivity index is 0.935. The minimum atomic E-state index is 0.941. The standard InChI is InChI=1S/C71H51N3/c1-48-23-38-70(74-47-48)55-32-26-52(27-33-55)64-17-7-10-20-67(64)60-43-59(66-19-9-6-16-63(66)51-24-30-54(31-25-51)69-22-12-13-40-72-69)44-61(45-60)68-21-11-8-18-65(68)53-28-34-56(35-29-53)71-46-58(39-41-73-71)62-37-36-57(42-49(62)2)50-14-4-3-5-15-50/h3-47H,1-2H3. The van der Waals surface area contributed by atoms with E-state index in [0.29, 0.717) is 0 Å². The molecule has 0 saturated carbocycles. The summed E-state index contributed by atoms with van der Waals surface area (Å²) < 4.78 is 0. The van der Waals surface area contributed by atoms with E-state index in [1.807, 2.05) is 30.7 Å². The van der Waals surface area contributed by atoms with Gasteiger partial charge in [-0.3, -0.25) is 15.0 Å². The molecule has 74 heavy (non-hydrogen) atoms. The summed E-state index contributed by atoms with van der Waals surface area (Å²) in [5.41, 5.74) is 27.1. The predicted octanol–water partition coefficient (Wildman–Crippen LogP) is 18.8. The van der Waals surface area contributed by atoms with Crippen LogP contribution in [0.2, 0.25) is 0 Å². The van der Waals surface area contributed by atoms with Crippen LogP contribution in [0.25, 0.3) is 123 Å². The second-order valence-electron chi connectivity index (χ2n) is 18.9. The Hall–Kier alpha value is -9.57. The van der Waals surface area contributed by atoms with E-state index in [0.717, 1.165) is 106 Å². The zero-order valence-corrected chi connectivity index (χ0v) is 41.3. The van der Waals surface area contributed by atoms with E-state index in [1.165, 1.54) is 27.8 Å². The molecule has 3 heterocycles. The van der Waals surface area contributed by atoms with Crippen LogP contribution in [0.5, 0.6) is 0 Å². The zero-order chi connectivity index (χ0) is 49.8. The maximum absolute atomic E-state index is 4.87. The minimum absolute atomic E-state index is 0.941. The van der Waals surface area contributed by atoms with Crippen LogP contribution in [-0.4, -0.2) is 15.0 Å². The maximum Gasteiger partial charge on any atom is 0.0708 e. The van der Waals surface area contributed by atoms with E-state index < -0.39 is 0 Å². The third kappa shape index (κ3) is 9.39. The Morgan fingerprint density at radius 2 is 0.635 bits per heavy atom.